The normalized spacial score (nSPS) is 15.4. The van der Waals surface area contributed by atoms with Gasteiger partial charge in [-0.1, -0.05) is 44.9 Å². The Balaban J connectivity index is 2.20. The Morgan fingerprint density at radius 3 is 3.00 bits per heavy atom. The predicted molar refractivity (Wildman–Crippen MR) is 71.6 cm³/mol. The highest BCUT2D eigenvalue weighted by Crippen LogP contribution is 2.35. The summed E-state index contributed by atoms with van der Waals surface area (Å²) in [4.78, 5) is 0. The van der Waals surface area contributed by atoms with Crippen molar-refractivity contribution in [1.82, 2.24) is 5.32 Å². The first-order valence-electron chi connectivity index (χ1n) is 6.84. The maximum absolute atomic E-state index is 5.80. The molecule has 0 radical (unpaired) electrons. The fourth-order valence-corrected chi connectivity index (χ4v) is 2.54. The lowest BCUT2D eigenvalue weighted by Crippen LogP contribution is -2.21. The number of nitrogens with one attached hydrogen (secondary N) is 1. The molecule has 94 valence electrons. The monoisotopic (exact) mass is 233 g/mol. The van der Waals surface area contributed by atoms with Crippen LogP contribution in [0, 0.1) is 0 Å². The van der Waals surface area contributed by atoms with Crippen molar-refractivity contribution in [2.45, 2.75) is 45.6 Å². The Hall–Kier alpha value is -1.02. The molecule has 1 N–H and O–H groups in total. The molecule has 1 aliphatic heterocycles. The molecular weight excluding hydrogens is 210 g/mol. The van der Waals surface area contributed by atoms with Gasteiger partial charge in [-0.3, -0.25) is 0 Å². The molecule has 0 aromatic heterocycles. The average Bonchev–Trinajstić information content (AvgIpc) is 2.82. The van der Waals surface area contributed by atoms with Gasteiger partial charge in [-0.25, -0.2) is 0 Å². The molecule has 0 spiro atoms. The Morgan fingerprint density at radius 2 is 2.24 bits per heavy atom. The summed E-state index contributed by atoms with van der Waals surface area (Å²) in [6, 6.07) is 7.02. The van der Waals surface area contributed by atoms with Gasteiger partial charge < -0.3 is 10.1 Å². The maximum Gasteiger partial charge on any atom is 0.127 e. The van der Waals surface area contributed by atoms with Crippen LogP contribution in [0.15, 0.2) is 18.2 Å². The topological polar surface area (TPSA) is 21.3 Å². The van der Waals surface area contributed by atoms with E-state index in [2.05, 4.69) is 37.4 Å². The van der Waals surface area contributed by atoms with Gasteiger partial charge in [-0.05, 0) is 18.5 Å². The molecule has 0 saturated heterocycles. The SMILES string of the molecule is CCCCC(NCC)c1cccc2c1OCC2. The third-order valence-electron chi connectivity index (χ3n) is 3.42. The van der Waals surface area contributed by atoms with E-state index in [1.165, 1.54) is 30.4 Å². The number of fused-ring (bicyclic) bond motifs is 1. The average molecular weight is 233 g/mol. The van der Waals surface area contributed by atoms with Crippen LogP contribution in [0.3, 0.4) is 0 Å². The first kappa shape index (κ1) is 12.4. The van der Waals surface area contributed by atoms with Gasteiger partial charge in [-0.2, -0.15) is 0 Å². The van der Waals surface area contributed by atoms with E-state index in [-0.39, 0.29) is 0 Å². The van der Waals surface area contributed by atoms with Gasteiger partial charge in [0.15, 0.2) is 0 Å². The molecule has 1 aromatic carbocycles. The Bertz CT molecular complexity index is 362. The maximum atomic E-state index is 5.80. The number of para-hydroxylation sites is 1. The minimum atomic E-state index is 0.452. The third kappa shape index (κ3) is 2.81. The molecule has 2 heteroatoms. The second-order valence-corrected chi connectivity index (χ2v) is 4.69. The highest BCUT2D eigenvalue weighted by atomic mass is 16.5. The molecule has 1 atom stereocenters. The molecule has 0 amide bonds. The van der Waals surface area contributed by atoms with E-state index in [4.69, 9.17) is 4.74 Å². The van der Waals surface area contributed by atoms with Crippen LogP contribution in [-0.2, 0) is 6.42 Å². The molecule has 2 rings (SSSR count). The van der Waals surface area contributed by atoms with Crippen LogP contribution in [0.4, 0.5) is 0 Å². The van der Waals surface area contributed by atoms with E-state index in [0.717, 1.165) is 25.3 Å². The Kier molecular flexibility index (Phi) is 4.43. The summed E-state index contributed by atoms with van der Waals surface area (Å²) < 4.78 is 5.80. The molecule has 0 aliphatic carbocycles. The number of ether oxygens (including phenoxy) is 1. The number of hydrogen-bond acceptors (Lipinski definition) is 2. The van der Waals surface area contributed by atoms with Crippen LogP contribution in [0.5, 0.6) is 5.75 Å². The first-order chi connectivity index (χ1) is 8.36. The zero-order chi connectivity index (χ0) is 12.1. The van der Waals surface area contributed by atoms with E-state index in [1.54, 1.807) is 0 Å². The van der Waals surface area contributed by atoms with E-state index < -0.39 is 0 Å². The van der Waals surface area contributed by atoms with E-state index in [9.17, 15) is 0 Å². The van der Waals surface area contributed by atoms with E-state index >= 15 is 0 Å². The van der Waals surface area contributed by atoms with E-state index in [0.29, 0.717) is 6.04 Å². The molecule has 1 aromatic rings. The molecule has 1 heterocycles. The second kappa shape index (κ2) is 6.06. The minimum absolute atomic E-state index is 0.452. The van der Waals surface area contributed by atoms with Gasteiger partial charge in [-0.15, -0.1) is 0 Å². The Labute approximate surface area is 104 Å². The molecule has 0 saturated carbocycles. The van der Waals surface area contributed by atoms with Gasteiger partial charge in [0.25, 0.3) is 0 Å². The number of benzene rings is 1. The second-order valence-electron chi connectivity index (χ2n) is 4.69. The van der Waals surface area contributed by atoms with Crippen LogP contribution in [0.1, 0.15) is 50.3 Å². The van der Waals surface area contributed by atoms with Crippen molar-refractivity contribution in [3.05, 3.63) is 29.3 Å². The molecular formula is C15H23NO. The van der Waals surface area contributed by atoms with Crippen molar-refractivity contribution < 1.29 is 4.74 Å². The molecule has 0 fully saturated rings. The summed E-state index contributed by atoms with van der Waals surface area (Å²) in [6.45, 7) is 6.27. The van der Waals surface area contributed by atoms with Gasteiger partial charge in [0, 0.05) is 18.0 Å². The molecule has 17 heavy (non-hydrogen) atoms. The summed E-state index contributed by atoms with van der Waals surface area (Å²) in [5, 5.41) is 3.58. The fourth-order valence-electron chi connectivity index (χ4n) is 2.54. The van der Waals surface area contributed by atoms with Crippen LogP contribution in [0.2, 0.25) is 0 Å². The van der Waals surface area contributed by atoms with Gasteiger partial charge in [0.2, 0.25) is 0 Å². The highest BCUT2D eigenvalue weighted by Gasteiger charge is 2.20. The van der Waals surface area contributed by atoms with Crippen molar-refractivity contribution in [2.24, 2.45) is 0 Å². The zero-order valence-electron chi connectivity index (χ0n) is 11.0. The molecule has 0 bridgehead atoms. The zero-order valence-corrected chi connectivity index (χ0v) is 11.0. The highest BCUT2D eigenvalue weighted by molar-refractivity contribution is 5.45. The van der Waals surface area contributed by atoms with Crippen molar-refractivity contribution in [3.63, 3.8) is 0 Å². The lowest BCUT2D eigenvalue weighted by molar-refractivity contribution is 0.346. The molecule has 1 unspecified atom stereocenters. The van der Waals surface area contributed by atoms with Gasteiger partial charge >= 0.3 is 0 Å². The summed E-state index contributed by atoms with van der Waals surface area (Å²) in [7, 11) is 0. The third-order valence-corrected chi connectivity index (χ3v) is 3.42. The fraction of sp³-hybridized carbons (Fsp3) is 0.600. The van der Waals surface area contributed by atoms with Crippen LogP contribution >= 0.6 is 0 Å². The van der Waals surface area contributed by atoms with Crippen molar-refractivity contribution in [1.29, 1.82) is 0 Å². The lowest BCUT2D eigenvalue weighted by Gasteiger charge is -2.20. The quantitative estimate of drug-likeness (QED) is 0.812. The number of unbranched alkanes of at least 4 members (excludes halogenated alkanes) is 1. The van der Waals surface area contributed by atoms with Crippen molar-refractivity contribution in [2.75, 3.05) is 13.2 Å². The van der Waals surface area contributed by atoms with Crippen LogP contribution in [-0.4, -0.2) is 13.2 Å². The van der Waals surface area contributed by atoms with Crippen LogP contribution < -0.4 is 10.1 Å². The summed E-state index contributed by atoms with van der Waals surface area (Å²) in [5.41, 5.74) is 2.73. The van der Waals surface area contributed by atoms with E-state index in [1.807, 2.05) is 0 Å². The van der Waals surface area contributed by atoms with Crippen LogP contribution in [0.25, 0.3) is 0 Å². The largest absolute Gasteiger partial charge is 0.493 e. The smallest absolute Gasteiger partial charge is 0.127 e. The standard InChI is InChI=1S/C15H23NO/c1-3-5-9-14(16-4-2)13-8-6-7-12-10-11-17-15(12)13/h6-8,14,16H,3-5,9-11H2,1-2H3. The number of rotatable bonds is 6. The summed E-state index contributed by atoms with van der Waals surface area (Å²) in [5.74, 6) is 1.15. The van der Waals surface area contributed by atoms with Gasteiger partial charge in [0.1, 0.15) is 5.75 Å². The van der Waals surface area contributed by atoms with Crippen molar-refractivity contribution >= 4 is 0 Å². The first-order valence-corrected chi connectivity index (χ1v) is 6.84. The predicted octanol–water partition coefficient (Wildman–Crippen LogP) is 3.46. The molecule has 1 aliphatic rings. The summed E-state index contributed by atoms with van der Waals surface area (Å²) >= 11 is 0. The summed E-state index contributed by atoms with van der Waals surface area (Å²) in [6.07, 6.45) is 4.78. The lowest BCUT2D eigenvalue weighted by atomic mass is 9.97. The van der Waals surface area contributed by atoms with Crippen molar-refractivity contribution in [3.8, 4) is 5.75 Å². The number of hydrogen-bond donors (Lipinski definition) is 1. The van der Waals surface area contributed by atoms with Gasteiger partial charge in [0.05, 0.1) is 6.61 Å². The Morgan fingerprint density at radius 1 is 1.35 bits per heavy atom. The minimum Gasteiger partial charge on any atom is -0.493 e. The molecule has 2 nitrogen and oxygen atoms in total.